The van der Waals surface area contributed by atoms with Gasteiger partial charge in [0.1, 0.15) is 5.82 Å². The second-order valence-electron chi connectivity index (χ2n) is 3.13. The highest BCUT2D eigenvalue weighted by molar-refractivity contribution is 9.10. The van der Waals surface area contributed by atoms with E-state index in [2.05, 4.69) is 15.9 Å². The van der Waals surface area contributed by atoms with Crippen molar-refractivity contribution in [3.05, 3.63) is 34.1 Å². The Morgan fingerprint density at radius 3 is 2.50 bits per heavy atom. The zero-order chi connectivity index (χ0) is 12.3. The number of aryl methyl sites for hydroxylation is 1. The molecule has 0 saturated carbocycles. The molecule has 0 amide bonds. The topological polar surface area (TPSA) is 17.1 Å². The van der Waals surface area contributed by atoms with Gasteiger partial charge in [0.15, 0.2) is 0 Å². The van der Waals surface area contributed by atoms with Gasteiger partial charge >= 0.3 is 6.18 Å². The van der Waals surface area contributed by atoms with Crippen LogP contribution in [0.3, 0.4) is 0 Å². The number of benzene rings is 1. The van der Waals surface area contributed by atoms with Crippen LogP contribution in [0.5, 0.6) is 0 Å². The Balaban J connectivity index is 2.69. The van der Waals surface area contributed by atoms with Crippen molar-refractivity contribution in [2.75, 3.05) is 0 Å². The van der Waals surface area contributed by atoms with Gasteiger partial charge in [-0.1, -0.05) is 12.1 Å². The molecule has 0 aromatic heterocycles. The number of hydrogen-bond donors (Lipinski definition) is 0. The largest absolute Gasteiger partial charge is 0.449 e. The minimum Gasteiger partial charge on any atom is -0.290 e. The van der Waals surface area contributed by atoms with Gasteiger partial charge in [-0.15, -0.1) is 0 Å². The normalized spacial score (nSPS) is 11.6. The first-order valence-electron chi connectivity index (χ1n) is 4.35. The van der Waals surface area contributed by atoms with Gasteiger partial charge in [0.05, 0.1) is 4.47 Å². The number of alkyl halides is 3. The number of halogens is 5. The van der Waals surface area contributed by atoms with Crippen molar-refractivity contribution >= 4 is 21.7 Å². The Labute approximate surface area is 97.6 Å². The van der Waals surface area contributed by atoms with Crippen LogP contribution < -0.4 is 0 Å². The molecule has 6 heteroatoms. The van der Waals surface area contributed by atoms with E-state index in [9.17, 15) is 22.4 Å². The molecule has 0 unspecified atom stereocenters. The molecule has 0 fully saturated rings. The zero-order valence-corrected chi connectivity index (χ0v) is 9.53. The molecule has 88 valence electrons. The molecule has 1 nitrogen and oxygen atoms in total. The van der Waals surface area contributed by atoms with E-state index >= 15 is 0 Å². The van der Waals surface area contributed by atoms with Gasteiger partial charge in [-0.2, -0.15) is 13.2 Å². The van der Waals surface area contributed by atoms with Crippen molar-refractivity contribution < 1.29 is 22.4 Å². The number of Topliss-reactive ketones (excluding diaryl/α,β-unsaturated/α-hetero) is 1. The van der Waals surface area contributed by atoms with E-state index in [1.54, 1.807) is 0 Å². The summed E-state index contributed by atoms with van der Waals surface area (Å²) in [5.74, 6) is -2.47. The zero-order valence-electron chi connectivity index (χ0n) is 7.94. The third kappa shape index (κ3) is 3.30. The summed E-state index contributed by atoms with van der Waals surface area (Å²) in [4.78, 5) is 10.6. The van der Waals surface area contributed by atoms with E-state index in [0.29, 0.717) is 0 Å². The summed E-state index contributed by atoms with van der Waals surface area (Å²) in [5, 5.41) is 0. The average Bonchev–Trinajstić information content (AvgIpc) is 2.18. The lowest BCUT2D eigenvalue weighted by atomic mass is 10.1. The summed E-state index contributed by atoms with van der Waals surface area (Å²) >= 11 is 2.91. The molecule has 0 bridgehead atoms. The second kappa shape index (κ2) is 4.95. The minimum atomic E-state index is -4.84. The highest BCUT2D eigenvalue weighted by Gasteiger charge is 2.37. The highest BCUT2D eigenvalue weighted by atomic mass is 79.9. The Morgan fingerprint density at radius 2 is 1.94 bits per heavy atom. The van der Waals surface area contributed by atoms with Crippen LogP contribution in [0, 0.1) is 5.82 Å². The lowest BCUT2D eigenvalue weighted by Gasteiger charge is -2.06. The Hall–Kier alpha value is -0.910. The number of hydrogen-bond acceptors (Lipinski definition) is 1. The van der Waals surface area contributed by atoms with Gasteiger partial charge in [-0.3, -0.25) is 4.79 Å². The van der Waals surface area contributed by atoms with Crippen LogP contribution in [-0.4, -0.2) is 12.0 Å². The number of carbonyl (C=O) groups excluding carboxylic acids is 1. The van der Waals surface area contributed by atoms with Crippen molar-refractivity contribution in [1.82, 2.24) is 0 Å². The van der Waals surface area contributed by atoms with E-state index < -0.39 is 24.2 Å². The standard InChI is InChI=1S/C10H7BrF4O/c11-7-3-1-2-6(9(7)12)4-5-8(16)10(13,14)15/h1-3H,4-5H2. The number of carbonyl (C=O) groups is 1. The number of ketones is 1. The van der Waals surface area contributed by atoms with Gasteiger partial charge in [-0.25, -0.2) is 4.39 Å². The Bertz CT molecular complexity index is 400. The molecule has 0 N–H and O–H groups in total. The van der Waals surface area contributed by atoms with Crippen molar-refractivity contribution in [2.45, 2.75) is 19.0 Å². The molecular formula is C10H7BrF4O. The summed E-state index contributed by atoms with van der Waals surface area (Å²) in [5.41, 5.74) is 0.0898. The van der Waals surface area contributed by atoms with Crippen LogP contribution in [0.15, 0.2) is 22.7 Å². The van der Waals surface area contributed by atoms with Gasteiger partial charge in [0.25, 0.3) is 0 Å². The molecule has 0 saturated heterocycles. The lowest BCUT2D eigenvalue weighted by Crippen LogP contribution is -2.23. The SMILES string of the molecule is O=C(CCc1cccc(Br)c1F)C(F)(F)F. The van der Waals surface area contributed by atoms with Crippen LogP contribution >= 0.6 is 15.9 Å². The van der Waals surface area contributed by atoms with Gasteiger partial charge in [0, 0.05) is 6.42 Å². The third-order valence-corrected chi connectivity index (χ3v) is 2.58. The molecule has 0 atom stereocenters. The van der Waals surface area contributed by atoms with Gasteiger partial charge in [0.2, 0.25) is 5.78 Å². The molecule has 0 radical (unpaired) electrons. The summed E-state index contributed by atoms with van der Waals surface area (Å²) in [6.45, 7) is 0. The Kier molecular flexibility index (Phi) is 4.07. The first-order chi connectivity index (χ1) is 7.32. The molecule has 1 aromatic rings. The predicted molar refractivity (Wildman–Crippen MR) is 53.5 cm³/mol. The fraction of sp³-hybridized carbons (Fsp3) is 0.300. The lowest BCUT2D eigenvalue weighted by molar-refractivity contribution is -0.171. The van der Waals surface area contributed by atoms with E-state index in [1.807, 2.05) is 0 Å². The van der Waals surface area contributed by atoms with Crippen LogP contribution in [0.4, 0.5) is 17.6 Å². The Morgan fingerprint density at radius 1 is 1.31 bits per heavy atom. The van der Waals surface area contributed by atoms with E-state index in [-0.39, 0.29) is 16.5 Å². The first kappa shape index (κ1) is 13.2. The van der Waals surface area contributed by atoms with Crippen molar-refractivity contribution in [3.8, 4) is 0 Å². The van der Waals surface area contributed by atoms with E-state index in [0.717, 1.165) is 0 Å². The maximum atomic E-state index is 13.3. The smallest absolute Gasteiger partial charge is 0.290 e. The number of rotatable bonds is 3. The first-order valence-corrected chi connectivity index (χ1v) is 5.14. The average molecular weight is 299 g/mol. The second-order valence-corrected chi connectivity index (χ2v) is 3.99. The molecule has 1 aromatic carbocycles. The molecule has 1 rings (SSSR count). The van der Waals surface area contributed by atoms with Gasteiger partial charge < -0.3 is 0 Å². The van der Waals surface area contributed by atoms with Crippen LogP contribution in [0.25, 0.3) is 0 Å². The third-order valence-electron chi connectivity index (χ3n) is 1.97. The minimum absolute atomic E-state index is 0.0898. The van der Waals surface area contributed by atoms with Crippen LogP contribution in [-0.2, 0) is 11.2 Å². The quantitative estimate of drug-likeness (QED) is 0.779. The summed E-state index contributed by atoms with van der Waals surface area (Å²) in [7, 11) is 0. The molecule has 0 aliphatic heterocycles. The predicted octanol–water partition coefficient (Wildman–Crippen LogP) is 3.65. The maximum absolute atomic E-state index is 13.3. The van der Waals surface area contributed by atoms with E-state index in [1.165, 1.54) is 18.2 Å². The highest BCUT2D eigenvalue weighted by Crippen LogP contribution is 2.22. The van der Waals surface area contributed by atoms with Crippen LogP contribution in [0.1, 0.15) is 12.0 Å². The maximum Gasteiger partial charge on any atom is 0.449 e. The van der Waals surface area contributed by atoms with Crippen molar-refractivity contribution in [2.24, 2.45) is 0 Å². The fourth-order valence-corrected chi connectivity index (χ4v) is 1.54. The molecule has 16 heavy (non-hydrogen) atoms. The molecule has 0 aliphatic carbocycles. The molecule has 0 spiro atoms. The van der Waals surface area contributed by atoms with E-state index in [4.69, 9.17) is 0 Å². The van der Waals surface area contributed by atoms with Crippen molar-refractivity contribution in [3.63, 3.8) is 0 Å². The van der Waals surface area contributed by atoms with Gasteiger partial charge in [-0.05, 0) is 34.0 Å². The summed E-state index contributed by atoms with van der Waals surface area (Å²) in [6.07, 6.45) is -5.84. The summed E-state index contributed by atoms with van der Waals surface area (Å²) in [6, 6.07) is 4.29. The molecular weight excluding hydrogens is 292 g/mol. The summed E-state index contributed by atoms with van der Waals surface area (Å²) < 4.78 is 49.1. The molecule has 0 heterocycles. The van der Waals surface area contributed by atoms with Crippen molar-refractivity contribution in [1.29, 1.82) is 0 Å². The molecule has 0 aliphatic rings. The van der Waals surface area contributed by atoms with Crippen LogP contribution in [0.2, 0.25) is 0 Å². The fourth-order valence-electron chi connectivity index (χ4n) is 1.13. The monoisotopic (exact) mass is 298 g/mol.